The molecule has 8 nitrogen and oxygen atoms in total. The first-order chi connectivity index (χ1) is 12.0. The number of halogens is 1. The summed E-state index contributed by atoms with van der Waals surface area (Å²) in [5.41, 5.74) is 0.870. The Morgan fingerprint density at radius 1 is 1.38 bits per heavy atom. The maximum Gasteiger partial charge on any atom is 0.258 e. The highest BCUT2D eigenvalue weighted by Crippen LogP contribution is 2.29. The molecule has 1 aliphatic heterocycles. The molecule has 3 heterocycles. The Kier molecular flexibility index (Phi) is 6.98. The van der Waals surface area contributed by atoms with Gasteiger partial charge in [-0.05, 0) is 38.4 Å². The molecule has 0 atom stereocenters. The zero-order valence-corrected chi connectivity index (χ0v) is 16.6. The number of pyridine rings is 1. The molecule has 2 aromatic heterocycles. The van der Waals surface area contributed by atoms with Gasteiger partial charge in [-0.15, -0.1) is 12.4 Å². The fourth-order valence-corrected chi connectivity index (χ4v) is 4.36. The molecule has 0 amide bonds. The molecule has 0 saturated carbocycles. The van der Waals surface area contributed by atoms with Gasteiger partial charge in [-0.2, -0.15) is 0 Å². The molecule has 1 fully saturated rings. The van der Waals surface area contributed by atoms with Crippen molar-refractivity contribution in [3.63, 3.8) is 0 Å². The molecular weight excluding hydrogens is 380 g/mol. The van der Waals surface area contributed by atoms with Crippen LogP contribution in [-0.4, -0.2) is 51.9 Å². The minimum Gasteiger partial charge on any atom is -0.384 e. The normalized spacial score (nSPS) is 17.2. The van der Waals surface area contributed by atoms with Gasteiger partial charge < -0.3 is 14.6 Å². The molecule has 2 aromatic rings. The van der Waals surface area contributed by atoms with Crippen LogP contribution < -0.4 is 10.0 Å². The number of fused-ring (bicyclic) bond motifs is 1. The van der Waals surface area contributed by atoms with Crippen LogP contribution in [0.1, 0.15) is 25.5 Å². The second-order valence-corrected chi connectivity index (χ2v) is 8.28. The first-order valence-corrected chi connectivity index (χ1v) is 9.92. The topological polar surface area (TPSA) is 106 Å². The highest BCUT2D eigenvalue weighted by Gasteiger charge is 2.33. The van der Waals surface area contributed by atoms with Gasteiger partial charge in [0.05, 0.1) is 23.9 Å². The number of aryl methyl sites for hydroxylation is 1. The molecular formula is C16H25ClN4O4S. The Bertz CT molecular complexity index is 828. The van der Waals surface area contributed by atoms with Crippen molar-refractivity contribution in [3.8, 4) is 0 Å². The number of nitrogens with one attached hydrogen (secondary N) is 2. The highest BCUT2D eigenvalue weighted by molar-refractivity contribution is 7.89. The molecule has 10 heteroatoms. The van der Waals surface area contributed by atoms with E-state index in [1.165, 1.54) is 6.20 Å². The monoisotopic (exact) mass is 404 g/mol. The van der Waals surface area contributed by atoms with Crippen LogP contribution in [0.5, 0.6) is 0 Å². The van der Waals surface area contributed by atoms with E-state index in [0.29, 0.717) is 36.4 Å². The van der Waals surface area contributed by atoms with Gasteiger partial charge in [0, 0.05) is 19.1 Å². The summed E-state index contributed by atoms with van der Waals surface area (Å²) in [6.45, 7) is 4.52. The number of sulfonamides is 1. The summed E-state index contributed by atoms with van der Waals surface area (Å²) >= 11 is 0. The average molecular weight is 405 g/mol. The van der Waals surface area contributed by atoms with E-state index in [1.807, 2.05) is 6.92 Å². The van der Waals surface area contributed by atoms with Crippen molar-refractivity contribution in [1.29, 1.82) is 0 Å². The standard InChI is InChI=1S/C16H24N4O4S.ClH/c1-3-14-13-8-12(9-18-15(13)24-20-14)25(21,22)19-10-16(11-23-2)4-6-17-7-5-16;/h8-9,17,19H,3-7,10-11H2,1-2H3;1H. The van der Waals surface area contributed by atoms with E-state index in [1.54, 1.807) is 13.2 Å². The Balaban J connectivity index is 0.00000243. The number of nitrogens with zero attached hydrogens (tertiary/aromatic N) is 2. The zero-order valence-electron chi connectivity index (χ0n) is 14.9. The molecule has 1 saturated heterocycles. The summed E-state index contributed by atoms with van der Waals surface area (Å²) in [6.07, 6.45) is 3.69. The first kappa shape index (κ1) is 21.0. The summed E-state index contributed by atoms with van der Waals surface area (Å²) in [7, 11) is -2.02. The molecule has 1 aliphatic rings. The maximum absolute atomic E-state index is 12.7. The van der Waals surface area contributed by atoms with Gasteiger partial charge in [0.25, 0.3) is 5.71 Å². The first-order valence-electron chi connectivity index (χ1n) is 8.43. The van der Waals surface area contributed by atoms with Gasteiger partial charge in [0.15, 0.2) is 0 Å². The van der Waals surface area contributed by atoms with Crippen molar-refractivity contribution >= 4 is 33.5 Å². The van der Waals surface area contributed by atoms with E-state index in [9.17, 15) is 8.42 Å². The summed E-state index contributed by atoms with van der Waals surface area (Å²) in [4.78, 5) is 4.21. The molecule has 26 heavy (non-hydrogen) atoms. The minimum atomic E-state index is -3.67. The largest absolute Gasteiger partial charge is 0.384 e. The van der Waals surface area contributed by atoms with Crippen molar-refractivity contribution < 1.29 is 17.7 Å². The lowest BCUT2D eigenvalue weighted by Gasteiger charge is -2.37. The van der Waals surface area contributed by atoms with Crippen molar-refractivity contribution in [3.05, 3.63) is 18.0 Å². The van der Waals surface area contributed by atoms with Gasteiger partial charge in [0.1, 0.15) is 4.90 Å². The highest BCUT2D eigenvalue weighted by atomic mass is 35.5. The quantitative estimate of drug-likeness (QED) is 0.720. The van der Waals surface area contributed by atoms with Crippen LogP contribution in [0.15, 0.2) is 21.7 Å². The van der Waals surface area contributed by atoms with E-state index in [4.69, 9.17) is 9.26 Å². The van der Waals surface area contributed by atoms with Crippen LogP contribution in [0.2, 0.25) is 0 Å². The number of ether oxygens (including phenoxy) is 1. The van der Waals surface area contributed by atoms with Crippen LogP contribution in [0.3, 0.4) is 0 Å². The van der Waals surface area contributed by atoms with Crippen LogP contribution in [0, 0.1) is 5.41 Å². The van der Waals surface area contributed by atoms with Gasteiger partial charge in [-0.1, -0.05) is 12.1 Å². The molecule has 146 valence electrons. The Hall–Kier alpha value is -1.26. The van der Waals surface area contributed by atoms with Crippen LogP contribution >= 0.6 is 12.4 Å². The third-order valence-electron chi connectivity index (χ3n) is 4.78. The van der Waals surface area contributed by atoms with E-state index in [-0.39, 0.29) is 22.7 Å². The summed E-state index contributed by atoms with van der Waals surface area (Å²) < 4.78 is 38.6. The summed E-state index contributed by atoms with van der Waals surface area (Å²) in [5.74, 6) is 0. The number of hydrogen-bond acceptors (Lipinski definition) is 7. The minimum absolute atomic E-state index is 0. The van der Waals surface area contributed by atoms with Crippen molar-refractivity contribution in [2.75, 3.05) is 33.4 Å². The van der Waals surface area contributed by atoms with Crippen molar-refractivity contribution in [1.82, 2.24) is 20.2 Å². The van der Waals surface area contributed by atoms with E-state index in [0.717, 1.165) is 25.9 Å². The van der Waals surface area contributed by atoms with Gasteiger partial charge >= 0.3 is 0 Å². The molecule has 0 aromatic carbocycles. The molecule has 0 spiro atoms. The Labute approximate surface area is 159 Å². The number of aromatic nitrogens is 2. The van der Waals surface area contributed by atoms with Gasteiger partial charge in [-0.3, -0.25) is 0 Å². The second-order valence-electron chi connectivity index (χ2n) is 6.51. The fourth-order valence-electron chi connectivity index (χ4n) is 3.23. The molecule has 2 N–H and O–H groups in total. The van der Waals surface area contributed by atoms with Crippen molar-refractivity contribution in [2.45, 2.75) is 31.1 Å². The van der Waals surface area contributed by atoms with Crippen LogP contribution in [0.25, 0.3) is 11.1 Å². The van der Waals surface area contributed by atoms with E-state index >= 15 is 0 Å². The molecule has 0 unspecified atom stereocenters. The van der Waals surface area contributed by atoms with E-state index < -0.39 is 10.0 Å². The average Bonchev–Trinajstić information content (AvgIpc) is 3.04. The maximum atomic E-state index is 12.7. The smallest absolute Gasteiger partial charge is 0.258 e. The second kappa shape index (κ2) is 8.62. The molecule has 3 rings (SSSR count). The molecule has 0 aliphatic carbocycles. The zero-order chi connectivity index (χ0) is 17.9. The number of rotatable bonds is 7. The van der Waals surface area contributed by atoms with E-state index in [2.05, 4.69) is 20.2 Å². The predicted octanol–water partition coefficient (Wildman–Crippen LogP) is 1.50. The number of hydrogen-bond donors (Lipinski definition) is 2. The molecule has 0 bridgehead atoms. The Morgan fingerprint density at radius 2 is 2.12 bits per heavy atom. The fraction of sp³-hybridized carbons (Fsp3) is 0.625. The molecule has 0 radical (unpaired) electrons. The lowest BCUT2D eigenvalue weighted by Crippen LogP contribution is -2.47. The summed E-state index contributed by atoms with van der Waals surface area (Å²) in [6, 6.07) is 1.57. The Morgan fingerprint density at radius 3 is 2.77 bits per heavy atom. The predicted molar refractivity (Wildman–Crippen MR) is 100 cm³/mol. The van der Waals surface area contributed by atoms with Crippen LogP contribution in [0.4, 0.5) is 0 Å². The van der Waals surface area contributed by atoms with Crippen molar-refractivity contribution in [2.24, 2.45) is 5.41 Å². The third-order valence-corrected chi connectivity index (χ3v) is 6.14. The number of piperidine rings is 1. The third kappa shape index (κ3) is 4.34. The SMILES string of the molecule is CCc1noc2ncc(S(=O)(=O)NCC3(COC)CCNCC3)cc12.Cl. The lowest BCUT2D eigenvalue weighted by molar-refractivity contribution is 0.0577. The van der Waals surface area contributed by atoms with Crippen LogP contribution in [-0.2, 0) is 21.2 Å². The lowest BCUT2D eigenvalue weighted by atomic mass is 9.80. The van der Waals surface area contributed by atoms with Gasteiger partial charge in [0.2, 0.25) is 10.0 Å². The number of methoxy groups -OCH3 is 1. The van der Waals surface area contributed by atoms with Gasteiger partial charge in [-0.25, -0.2) is 18.1 Å². The summed E-state index contributed by atoms with van der Waals surface area (Å²) in [5, 5.41) is 7.85.